The van der Waals surface area contributed by atoms with Crippen LogP contribution in [-0.2, 0) is 14.9 Å². The van der Waals surface area contributed by atoms with Gasteiger partial charge in [0.25, 0.3) is 0 Å². The van der Waals surface area contributed by atoms with Crippen molar-refractivity contribution in [2.24, 2.45) is 5.41 Å². The van der Waals surface area contributed by atoms with E-state index in [2.05, 4.69) is 37.2 Å². The van der Waals surface area contributed by atoms with Gasteiger partial charge in [-0.05, 0) is 75.8 Å². The highest BCUT2D eigenvalue weighted by Gasteiger charge is 2.51. The molecule has 1 amide bonds. The number of carbonyl (C=O) groups is 1. The fraction of sp³-hybridized carbons (Fsp3) is 0.615. The predicted octanol–water partition coefficient (Wildman–Crippen LogP) is 4.39. The Labute approximate surface area is 215 Å². The maximum atomic E-state index is 12.5. The van der Waals surface area contributed by atoms with Crippen LogP contribution < -0.4 is 10.2 Å². The first-order valence-electron chi connectivity index (χ1n) is 12.8. The fourth-order valence-corrected chi connectivity index (χ4v) is 6.68. The molecule has 2 N–H and O–H groups in total. The summed E-state index contributed by atoms with van der Waals surface area (Å²) in [4.78, 5) is 24.5. The molecular formula is C26H34N6O3S. The first kappa shape index (κ1) is 23.7. The van der Waals surface area contributed by atoms with Crippen LogP contribution in [0.2, 0.25) is 0 Å². The third kappa shape index (κ3) is 4.04. The summed E-state index contributed by atoms with van der Waals surface area (Å²) in [6.07, 6.45) is 5.43. The standard InChI is InChI=1S/C26H34N6O3S/c1-16-20(29-23(33)35-24(2,3)4)25(15-34-16)8-10-32(11-9-25)18-13-27-19-21(30-31-22(19)28-18)26(6-7-26)17-5-12-36-14-17/h5,12-14,16,20H,6-11,15H2,1-4H3,(H,29,33)(H,28,30,31)/t16-,20+/m0/s1. The molecular weight excluding hydrogens is 476 g/mol. The molecule has 0 radical (unpaired) electrons. The quantitative estimate of drug-likeness (QED) is 0.536. The summed E-state index contributed by atoms with van der Waals surface area (Å²) in [5.41, 5.74) is 3.31. The molecule has 3 fully saturated rings. The number of H-pyrrole nitrogens is 1. The minimum absolute atomic E-state index is 0.0126. The minimum atomic E-state index is -0.532. The van der Waals surface area contributed by atoms with E-state index in [4.69, 9.17) is 19.4 Å². The number of aromatic nitrogens is 4. The zero-order chi connectivity index (χ0) is 25.1. The van der Waals surface area contributed by atoms with E-state index in [1.807, 2.05) is 33.9 Å². The Morgan fingerprint density at radius 3 is 2.72 bits per heavy atom. The van der Waals surface area contributed by atoms with Crippen LogP contribution in [0.3, 0.4) is 0 Å². The van der Waals surface area contributed by atoms with Gasteiger partial charge >= 0.3 is 6.09 Å². The van der Waals surface area contributed by atoms with Gasteiger partial charge < -0.3 is 19.7 Å². The maximum Gasteiger partial charge on any atom is 0.407 e. The van der Waals surface area contributed by atoms with E-state index in [1.165, 1.54) is 5.56 Å². The van der Waals surface area contributed by atoms with Crippen molar-refractivity contribution in [2.45, 2.75) is 76.5 Å². The van der Waals surface area contributed by atoms with E-state index in [0.717, 1.165) is 61.4 Å². The molecule has 1 saturated carbocycles. The van der Waals surface area contributed by atoms with E-state index < -0.39 is 5.60 Å². The van der Waals surface area contributed by atoms with Gasteiger partial charge in [0.15, 0.2) is 5.65 Å². The molecule has 2 saturated heterocycles. The number of ether oxygens (including phenoxy) is 2. The van der Waals surface area contributed by atoms with Gasteiger partial charge in [0.1, 0.15) is 22.6 Å². The Hall–Kier alpha value is -2.72. The molecule has 3 aromatic rings. The lowest BCUT2D eigenvalue weighted by Gasteiger charge is -2.42. The van der Waals surface area contributed by atoms with Gasteiger partial charge in [-0.15, -0.1) is 0 Å². The number of alkyl carbamates (subject to hydrolysis) is 1. The zero-order valence-corrected chi connectivity index (χ0v) is 22.2. The number of nitrogens with one attached hydrogen (secondary N) is 2. The third-order valence-electron chi connectivity index (χ3n) is 8.05. The monoisotopic (exact) mass is 510 g/mol. The second kappa shape index (κ2) is 8.41. The zero-order valence-electron chi connectivity index (χ0n) is 21.3. The summed E-state index contributed by atoms with van der Waals surface area (Å²) in [7, 11) is 0. The molecule has 0 unspecified atom stereocenters. The topological polar surface area (TPSA) is 105 Å². The van der Waals surface area contributed by atoms with E-state index in [-0.39, 0.29) is 29.1 Å². The van der Waals surface area contributed by atoms with Crippen LogP contribution in [0.1, 0.15) is 64.6 Å². The second-order valence-corrected chi connectivity index (χ2v) is 12.4. The molecule has 3 aromatic heterocycles. The average Bonchev–Trinajstić information content (AvgIpc) is 3.18. The number of anilines is 1. The molecule has 192 valence electrons. The van der Waals surface area contributed by atoms with Crippen molar-refractivity contribution in [1.29, 1.82) is 0 Å². The Kier molecular flexibility index (Phi) is 5.53. The number of amides is 1. The molecule has 9 nitrogen and oxygen atoms in total. The molecule has 1 aliphatic carbocycles. The van der Waals surface area contributed by atoms with Crippen molar-refractivity contribution in [3.05, 3.63) is 34.3 Å². The van der Waals surface area contributed by atoms with Crippen molar-refractivity contribution in [1.82, 2.24) is 25.5 Å². The molecule has 2 aliphatic heterocycles. The Bertz CT molecular complexity index is 1250. The molecule has 36 heavy (non-hydrogen) atoms. The summed E-state index contributed by atoms with van der Waals surface area (Å²) >= 11 is 1.72. The molecule has 2 atom stereocenters. The van der Waals surface area contributed by atoms with Gasteiger partial charge in [0.05, 0.1) is 24.9 Å². The molecule has 1 spiro atoms. The number of fused-ring (bicyclic) bond motifs is 1. The lowest BCUT2D eigenvalue weighted by Crippen LogP contribution is -2.55. The lowest BCUT2D eigenvalue weighted by molar-refractivity contribution is 0.0434. The molecule has 5 heterocycles. The summed E-state index contributed by atoms with van der Waals surface area (Å²) in [6.45, 7) is 9.95. The van der Waals surface area contributed by atoms with Crippen LogP contribution in [0.4, 0.5) is 10.6 Å². The molecule has 10 heteroatoms. The Morgan fingerprint density at radius 1 is 1.28 bits per heavy atom. The maximum absolute atomic E-state index is 12.5. The average molecular weight is 511 g/mol. The summed E-state index contributed by atoms with van der Waals surface area (Å²) in [5.74, 6) is 0.858. The lowest BCUT2D eigenvalue weighted by atomic mass is 9.73. The number of carbonyl (C=O) groups excluding carboxylic acids is 1. The number of piperidine rings is 1. The minimum Gasteiger partial charge on any atom is -0.444 e. The molecule has 3 aliphatic rings. The number of hydrogen-bond donors (Lipinski definition) is 2. The van der Waals surface area contributed by atoms with Gasteiger partial charge in [-0.1, -0.05) is 0 Å². The van der Waals surface area contributed by atoms with Gasteiger partial charge in [0, 0.05) is 23.9 Å². The number of thiophene rings is 1. The highest BCUT2D eigenvalue weighted by atomic mass is 32.1. The first-order valence-corrected chi connectivity index (χ1v) is 13.7. The van der Waals surface area contributed by atoms with E-state index >= 15 is 0 Å². The van der Waals surface area contributed by atoms with Crippen molar-refractivity contribution < 1.29 is 14.3 Å². The SMILES string of the molecule is C[C@@H]1OCC2(CCN(c3cnc4c(C5(c6ccsc6)CC5)n[nH]c4n3)CC2)[C@@H]1NC(=O)OC(C)(C)C. The highest BCUT2D eigenvalue weighted by Crippen LogP contribution is 2.54. The number of rotatable bonds is 4. The van der Waals surface area contributed by atoms with Crippen LogP contribution in [0.5, 0.6) is 0 Å². The highest BCUT2D eigenvalue weighted by molar-refractivity contribution is 7.08. The van der Waals surface area contributed by atoms with Crippen LogP contribution in [-0.4, -0.2) is 63.7 Å². The second-order valence-electron chi connectivity index (χ2n) is 11.6. The molecule has 0 bridgehead atoms. The Balaban J connectivity index is 1.17. The van der Waals surface area contributed by atoms with E-state index in [0.29, 0.717) is 6.61 Å². The Morgan fingerprint density at radius 2 is 2.06 bits per heavy atom. The van der Waals surface area contributed by atoms with Crippen LogP contribution in [0.25, 0.3) is 11.2 Å². The van der Waals surface area contributed by atoms with Crippen LogP contribution in [0, 0.1) is 5.41 Å². The largest absolute Gasteiger partial charge is 0.444 e. The van der Waals surface area contributed by atoms with Crippen molar-refractivity contribution in [3.63, 3.8) is 0 Å². The summed E-state index contributed by atoms with van der Waals surface area (Å²) < 4.78 is 11.6. The third-order valence-corrected chi connectivity index (χ3v) is 8.74. The van der Waals surface area contributed by atoms with Gasteiger partial charge in [-0.3, -0.25) is 5.10 Å². The van der Waals surface area contributed by atoms with Gasteiger partial charge in [0.2, 0.25) is 0 Å². The number of hydrogen-bond acceptors (Lipinski definition) is 8. The van der Waals surface area contributed by atoms with Crippen LogP contribution in [0.15, 0.2) is 23.0 Å². The summed E-state index contributed by atoms with van der Waals surface area (Å²) in [5, 5.41) is 15.3. The van der Waals surface area contributed by atoms with Gasteiger partial charge in [-0.25, -0.2) is 14.8 Å². The smallest absolute Gasteiger partial charge is 0.407 e. The van der Waals surface area contributed by atoms with E-state index in [1.54, 1.807) is 11.3 Å². The van der Waals surface area contributed by atoms with Gasteiger partial charge in [-0.2, -0.15) is 16.4 Å². The van der Waals surface area contributed by atoms with Crippen molar-refractivity contribution in [3.8, 4) is 0 Å². The fourth-order valence-electron chi connectivity index (χ4n) is 5.93. The van der Waals surface area contributed by atoms with Crippen molar-refractivity contribution >= 4 is 34.4 Å². The predicted molar refractivity (Wildman–Crippen MR) is 138 cm³/mol. The number of aromatic amines is 1. The van der Waals surface area contributed by atoms with Crippen LogP contribution >= 0.6 is 11.3 Å². The van der Waals surface area contributed by atoms with Crippen molar-refractivity contribution in [2.75, 3.05) is 24.6 Å². The normalized spacial score (nSPS) is 24.8. The first-order chi connectivity index (χ1) is 17.2. The molecule has 0 aromatic carbocycles. The molecule has 6 rings (SSSR count). The number of nitrogens with zero attached hydrogens (tertiary/aromatic N) is 4. The van der Waals surface area contributed by atoms with E-state index in [9.17, 15) is 4.79 Å². The summed E-state index contributed by atoms with van der Waals surface area (Å²) in [6, 6.07) is 2.12.